The van der Waals surface area contributed by atoms with Gasteiger partial charge in [-0.3, -0.25) is 0 Å². The molecule has 2 aromatic heterocycles. The van der Waals surface area contributed by atoms with Crippen LogP contribution in [0.5, 0.6) is 0 Å². The average Bonchev–Trinajstić information content (AvgIpc) is 2.77. The highest BCUT2D eigenvalue weighted by Crippen LogP contribution is 2.36. The Hall–Kier alpha value is -1.87. The summed E-state index contributed by atoms with van der Waals surface area (Å²) in [7, 11) is 5.83. The topological polar surface area (TPSA) is 12.9 Å². The van der Waals surface area contributed by atoms with Crippen LogP contribution in [0.25, 0.3) is 31.1 Å². The minimum Gasteiger partial charge on any atom is -0.245 e. The van der Waals surface area contributed by atoms with Crippen molar-refractivity contribution in [3.05, 3.63) is 48.7 Å². The molecule has 2 radical (unpaired) electrons. The van der Waals surface area contributed by atoms with Crippen LogP contribution in [0.4, 0.5) is 0 Å². The van der Waals surface area contributed by atoms with E-state index in [1.165, 1.54) is 26.2 Å². The van der Waals surface area contributed by atoms with Gasteiger partial charge in [0.2, 0.25) is 0 Å². The Balaban J connectivity index is 2.28. The average molecular weight is 245 g/mol. The van der Waals surface area contributed by atoms with Gasteiger partial charge in [0.25, 0.3) is 0 Å². The van der Waals surface area contributed by atoms with Gasteiger partial charge in [-0.2, -0.15) is 0 Å². The van der Waals surface area contributed by atoms with E-state index in [0.29, 0.717) is 0 Å². The SMILES string of the molecule is [B]c1ccc2c(ccc3c4cccnc4sc23)c1. The molecule has 4 aromatic rings. The van der Waals surface area contributed by atoms with Crippen LogP contribution in [-0.2, 0) is 0 Å². The van der Waals surface area contributed by atoms with E-state index in [1.807, 2.05) is 24.4 Å². The lowest BCUT2D eigenvalue weighted by Crippen LogP contribution is -1.99. The maximum atomic E-state index is 5.83. The van der Waals surface area contributed by atoms with E-state index in [9.17, 15) is 0 Å². The van der Waals surface area contributed by atoms with Gasteiger partial charge in [0.05, 0.1) is 0 Å². The maximum Gasteiger partial charge on any atom is 0.124 e. The lowest BCUT2D eigenvalue weighted by Gasteiger charge is -2.01. The van der Waals surface area contributed by atoms with Crippen molar-refractivity contribution in [2.45, 2.75) is 0 Å². The first-order valence-electron chi connectivity index (χ1n) is 5.78. The van der Waals surface area contributed by atoms with Crippen molar-refractivity contribution in [2.75, 3.05) is 0 Å². The third kappa shape index (κ3) is 1.31. The van der Waals surface area contributed by atoms with Gasteiger partial charge in [0.15, 0.2) is 0 Å². The largest absolute Gasteiger partial charge is 0.245 e. The maximum absolute atomic E-state index is 5.83. The van der Waals surface area contributed by atoms with E-state index < -0.39 is 0 Å². The summed E-state index contributed by atoms with van der Waals surface area (Å²) in [5.74, 6) is 0. The predicted molar refractivity (Wildman–Crippen MR) is 80.0 cm³/mol. The Morgan fingerprint density at radius 3 is 2.78 bits per heavy atom. The minimum absolute atomic E-state index is 0.807. The van der Waals surface area contributed by atoms with Crippen molar-refractivity contribution in [1.82, 2.24) is 4.98 Å². The van der Waals surface area contributed by atoms with Crippen LogP contribution in [0, 0.1) is 0 Å². The van der Waals surface area contributed by atoms with E-state index in [1.54, 1.807) is 11.3 Å². The minimum atomic E-state index is 0.807. The summed E-state index contributed by atoms with van der Waals surface area (Å²) < 4.78 is 1.29. The van der Waals surface area contributed by atoms with Crippen LogP contribution in [0.1, 0.15) is 0 Å². The van der Waals surface area contributed by atoms with Gasteiger partial charge in [-0.15, -0.1) is 11.3 Å². The second-order valence-corrected chi connectivity index (χ2v) is 5.38. The highest BCUT2D eigenvalue weighted by Gasteiger charge is 2.08. The molecule has 0 saturated carbocycles. The van der Waals surface area contributed by atoms with E-state index in [0.717, 1.165) is 10.3 Å². The number of rotatable bonds is 0. The third-order valence-electron chi connectivity index (χ3n) is 3.25. The number of thiophene rings is 1. The number of fused-ring (bicyclic) bond motifs is 5. The Labute approximate surface area is 109 Å². The lowest BCUT2D eigenvalue weighted by atomic mass is 9.93. The van der Waals surface area contributed by atoms with E-state index in [4.69, 9.17) is 7.85 Å². The normalized spacial score (nSPS) is 11.6. The molecule has 0 bridgehead atoms. The van der Waals surface area contributed by atoms with Gasteiger partial charge in [0, 0.05) is 21.7 Å². The number of benzene rings is 2. The smallest absolute Gasteiger partial charge is 0.124 e. The number of hydrogen-bond donors (Lipinski definition) is 0. The van der Waals surface area contributed by atoms with Crippen LogP contribution in [0.3, 0.4) is 0 Å². The summed E-state index contributed by atoms with van der Waals surface area (Å²) in [6, 6.07) is 14.5. The molecule has 1 nitrogen and oxygen atoms in total. The highest BCUT2D eigenvalue weighted by molar-refractivity contribution is 7.26. The second kappa shape index (κ2) is 3.56. The van der Waals surface area contributed by atoms with E-state index in [-0.39, 0.29) is 0 Å². The molecule has 0 N–H and O–H groups in total. The first kappa shape index (κ1) is 10.1. The highest BCUT2D eigenvalue weighted by atomic mass is 32.1. The summed E-state index contributed by atoms with van der Waals surface area (Å²) in [5, 5.41) is 4.95. The molecule has 0 atom stereocenters. The van der Waals surface area contributed by atoms with Crippen LogP contribution in [0.2, 0.25) is 0 Å². The fraction of sp³-hybridized carbons (Fsp3) is 0. The molecule has 0 aliphatic rings. The monoisotopic (exact) mass is 245 g/mol. The van der Waals surface area contributed by atoms with Gasteiger partial charge < -0.3 is 0 Å². The third-order valence-corrected chi connectivity index (χ3v) is 4.42. The zero-order chi connectivity index (χ0) is 12.1. The number of aromatic nitrogens is 1. The van der Waals surface area contributed by atoms with Gasteiger partial charge >= 0.3 is 0 Å². The van der Waals surface area contributed by atoms with E-state index in [2.05, 4.69) is 29.2 Å². The zero-order valence-electron chi connectivity index (χ0n) is 9.55. The summed E-state index contributed by atoms with van der Waals surface area (Å²) in [5.41, 5.74) is 0.807. The molecule has 2 aromatic carbocycles. The molecule has 2 heterocycles. The van der Waals surface area contributed by atoms with Crippen molar-refractivity contribution in [3.8, 4) is 0 Å². The quantitative estimate of drug-likeness (QED) is 0.433. The van der Waals surface area contributed by atoms with Crippen LogP contribution in [-0.4, -0.2) is 12.8 Å². The van der Waals surface area contributed by atoms with E-state index >= 15 is 0 Å². The zero-order valence-corrected chi connectivity index (χ0v) is 10.4. The molecule has 0 saturated heterocycles. The molecule has 0 aliphatic heterocycles. The lowest BCUT2D eigenvalue weighted by molar-refractivity contribution is 1.45. The summed E-state index contributed by atoms with van der Waals surface area (Å²) in [6.07, 6.45) is 1.85. The van der Waals surface area contributed by atoms with Gasteiger partial charge in [-0.25, -0.2) is 4.98 Å². The molecule has 18 heavy (non-hydrogen) atoms. The molecule has 0 unspecified atom stereocenters. The van der Waals surface area contributed by atoms with Gasteiger partial charge in [0.1, 0.15) is 12.7 Å². The van der Waals surface area contributed by atoms with Crippen LogP contribution < -0.4 is 5.46 Å². The fourth-order valence-electron chi connectivity index (χ4n) is 2.42. The van der Waals surface area contributed by atoms with Crippen LogP contribution in [0.15, 0.2) is 48.7 Å². The number of hydrogen-bond acceptors (Lipinski definition) is 2. The van der Waals surface area contributed by atoms with Crippen molar-refractivity contribution in [3.63, 3.8) is 0 Å². The predicted octanol–water partition coefficient (Wildman–Crippen LogP) is 3.40. The van der Waals surface area contributed by atoms with Crippen molar-refractivity contribution in [1.29, 1.82) is 0 Å². The fourth-order valence-corrected chi connectivity index (χ4v) is 3.59. The molecule has 0 fully saturated rings. The molecule has 3 heteroatoms. The number of pyridine rings is 1. The molecule has 0 aliphatic carbocycles. The molecular formula is C15H8BNS. The first-order valence-corrected chi connectivity index (χ1v) is 6.60. The van der Waals surface area contributed by atoms with Crippen molar-refractivity contribution < 1.29 is 0 Å². The van der Waals surface area contributed by atoms with Crippen LogP contribution >= 0.6 is 11.3 Å². The number of nitrogens with zero attached hydrogens (tertiary/aromatic N) is 1. The van der Waals surface area contributed by atoms with Gasteiger partial charge in [-0.05, 0) is 22.9 Å². The molecule has 0 spiro atoms. The Bertz CT molecular complexity index is 895. The van der Waals surface area contributed by atoms with Gasteiger partial charge in [-0.1, -0.05) is 35.8 Å². The summed E-state index contributed by atoms with van der Waals surface area (Å²) in [6.45, 7) is 0. The first-order chi connectivity index (χ1) is 8.83. The Morgan fingerprint density at radius 2 is 1.83 bits per heavy atom. The van der Waals surface area contributed by atoms with Crippen molar-refractivity contribution >= 4 is 55.7 Å². The molecule has 0 amide bonds. The standard InChI is InChI=1S/C15H8BNS/c16-10-4-6-11-9(8-10)3-5-12-13-2-1-7-17-15(13)18-14(11)12/h1-8H. The molecule has 4 rings (SSSR count). The Kier molecular flexibility index (Phi) is 2.00. The second-order valence-electron chi connectivity index (χ2n) is 4.38. The summed E-state index contributed by atoms with van der Waals surface area (Å²) >= 11 is 1.75. The summed E-state index contributed by atoms with van der Waals surface area (Å²) in [4.78, 5) is 5.53. The Morgan fingerprint density at radius 1 is 0.944 bits per heavy atom. The van der Waals surface area contributed by atoms with Crippen molar-refractivity contribution in [2.24, 2.45) is 0 Å². The molecular weight excluding hydrogens is 237 g/mol. The molecule has 82 valence electrons.